The van der Waals surface area contributed by atoms with E-state index in [1.807, 2.05) is 0 Å². The molecule has 0 radical (unpaired) electrons. The Hall–Kier alpha value is -0.850. The van der Waals surface area contributed by atoms with Gasteiger partial charge in [-0.15, -0.1) is 0 Å². The SMILES string of the molecule is CC(=S)COS(=O)(=O)c1c(C)ccnc1C. The summed E-state index contributed by atoms with van der Waals surface area (Å²) >= 11 is 4.77. The zero-order valence-electron chi connectivity index (χ0n) is 9.35. The highest BCUT2D eigenvalue weighted by atomic mass is 32.2. The Morgan fingerprint density at radius 2 is 2.12 bits per heavy atom. The van der Waals surface area contributed by atoms with Gasteiger partial charge in [0, 0.05) is 11.1 Å². The molecule has 0 aliphatic heterocycles. The van der Waals surface area contributed by atoms with Gasteiger partial charge in [-0.2, -0.15) is 8.42 Å². The number of rotatable bonds is 4. The number of aromatic nitrogens is 1. The maximum atomic E-state index is 11.9. The lowest BCUT2D eigenvalue weighted by molar-refractivity contribution is 0.368. The largest absolute Gasteiger partial charge is 0.299 e. The van der Waals surface area contributed by atoms with E-state index in [0.717, 1.165) is 0 Å². The van der Waals surface area contributed by atoms with Crippen LogP contribution in [0.3, 0.4) is 0 Å². The van der Waals surface area contributed by atoms with Crippen molar-refractivity contribution < 1.29 is 12.6 Å². The van der Waals surface area contributed by atoms with E-state index in [0.29, 0.717) is 16.1 Å². The molecule has 0 saturated heterocycles. The minimum Gasteiger partial charge on any atom is -0.261 e. The predicted molar refractivity (Wildman–Crippen MR) is 65.1 cm³/mol. The summed E-state index contributed by atoms with van der Waals surface area (Å²) in [6.45, 7) is 4.89. The molecule has 1 aromatic rings. The monoisotopic (exact) mass is 259 g/mol. The first-order valence-corrected chi connectivity index (χ1v) is 6.47. The standard InChI is InChI=1S/C10H13NO3S2/c1-7-4-5-11-9(3)10(7)16(12,13)14-6-8(2)15/h4-5H,6H2,1-3H3. The molecule has 1 rings (SSSR count). The Morgan fingerprint density at radius 1 is 1.50 bits per heavy atom. The van der Waals surface area contributed by atoms with Gasteiger partial charge in [0.1, 0.15) is 4.90 Å². The Bertz CT molecular complexity index is 489. The van der Waals surface area contributed by atoms with E-state index in [1.54, 1.807) is 33.0 Å². The van der Waals surface area contributed by atoms with Crippen LogP contribution < -0.4 is 0 Å². The van der Waals surface area contributed by atoms with Gasteiger partial charge >= 0.3 is 0 Å². The molecule has 0 aromatic carbocycles. The van der Waals surface area contributed by atoms with Gasteiger partial charge in [0.05, 0.1) is 12.3 Å². The van der Waals surface area contributed by atoms with Crippen molar-refractivity contribution in [1.29, 1.82) is 0 Å². The maximum Gasteiger partial charge on any atom is 0.299 e. The third-order valence-electron chi connectivity index (χ3n) is 1.95. The summed E-state index contributed by atoms with van der Waals surface area (Å²) in [6.07, 6.45) is 1.56. The fraction of sp³-hybridized carbons (Fsp3) is 0.400. The third-order valence-corrected chi connectivity index (χ3v) is 3.61. The van der Waals surface area contributed by atoms with Crippen LogP contribution in [0.5, 0.6) is 0 Å². The van der Waals surface area contributed by atoms with Crippen molar-refractivity contribution in [2.45, 2.75) is 25.7 Å². The summed E-state index contributed by atoms with van der Waals surface area (Å²) in [7, 11) is -3.77. The summed E-state index contributed by atoms with van der Waals surface area (Å²) in [5.74, 6) is 0. The lowest BCUT2D eigenvalue weighted by atomic mass is 10.2. The van der Waals surface area contributed by atoms with E-state index in [2.05, 4.69) is 4.98 Å². The molecule has 0 aliphatic rings. The number of hydrogen-bond acceptors (Lipinski definition) is 5. The fourth-order valence-electron chi connectivity index (χ4n) is 1.28. The second-order valence-corrected chi connectivity index (χ2v) is 5.71. The van der Waals surface area contributed by atoms with Gasteiger partial charge in [0.2, 0.25) is 0 Å². The molecule has 0 spiro atoms. The molecule has 4 nitrogen and oxygen atoms in total. The van der Waals surface area contributed by atoms with E-state index in [-0.39, 0.29) is 11.5 Å². The van der Waals surface area contributed by atoms with E-state index in [1.165, 1.54) is 0 Å². The Balaban J connectivity index is 3.12. The van der Waals surface area contributed by atoms with Crippen LogP contribution in [-0.2, 0) is 14.3 Å². The van der Waals surface area contributed by atoms with Crippen molar-refractivity contribution in [2.24, 2.45) is 0 Å². The first-order chi connectivity index (χ1) is 7.34. The minimum atomic E-state index is -3.77. The van der Waals surface area contributed by atoms with Crippen LogP contribution in [0.4, 0.5) is 0 Å². The summed E-state index contributed by atoms with van der Waals surface area (Å²) in [6, 6.07) is 1.63. The lowest BCUT2D eigenvalue weighted by Crippen LogP contribution is -2.14. The highest BCUT2D eigenvalue weighted by Crippen LogP contribution is 2.19. The second kappa shape index (κ2) is 4.99. The van der Waals surface area contributed by atoms with E-state index < -0.39 is 10.1 Å². The Labute approximate surface area is 101 Å². The van der Waals surface area contributed by atoms with Gasteiger partial charge in [-0.3, -0.25) is 9.17 Å². The molecular formula is C10H13NO3S2. The molecule has 0 amide bonds. The van der Waals surface area contributed by atoms with Crippen LogP contribution in [0.2, 0.25) is 0 Å². The molecule has 1 heterocycles. The molecule has 0 atom stereocenters. The zero-order chi connectivity index (χ0) is 12.3. The lowest BCUT2D eigenvalue weighted by Gasteiger charge is -2.09. The van der Waals surface area contributed by atoms with E-state index >= 15 is 0 Å². The van der Waals surface area contributed by atoms with E-state index in [4.69, 9.17) is 16.4 Å². The van der Waals surface area contributed by atoms with Gasteiger partial charge in [-0.05, 0) is 32.4 Å². The van der Waals surface area contributed by atoms with Crippen LogP contribution in [0, 0.1) is 13.8 Å². The van der Waals surface area contributed by atoms with Gasteiger partial charge in [0.15, 0.2) is 0 Å². The number of thiocarbonyl (C=S) groups is 1. The van der Waals surface area contributed by atoms with Crippen LogP contribution in [-0.4, -0.2) is 24.9 Å². The Morgan fingerprint density at radius 3 is 2.62 bits per heavy atom. The average molecular weight is 259 g/mol. The average Bonchev–Trinajstić information content (AvgIpc) is 2.14. The van der Waals surface area contributed by atoms with Gasteiger partial charge in [-0.25, -0.2) is 0 Å². The van der Waals surface area contributed by atoms with E-state index in [9.17, 15) is 8.42 Å². The maximum absolute atomic E-state index is 11.9. The Kier molecular flexibility index (Phi) is 4.12. The van der Waals surface area contributed by atoms with Gasteiger partial charge in [0.25, 0.3) is 10.1 Å². The molecule has 0 bridgehead atoms. The van der Waals surface area contributed by atoms with Crippen LogP contribution >= 0.6 is 12.2 Å². The fourth-order valence-corrected chi connectivity index (χ4v) is 2.74. The normalized spacial score (nSPS) is 11.4. The highest BCUT2D eigenvalue weighted by Gasteiger charge is 2.21. The molecule has 0 unspecified atom stereocenters. The molecule has 88 valence electrons. The van der Waals surface area contributed by atoms with Crippen molar-refractivity contribution >= 4 is 27.2 Å². The predicted octanol–water partition coefficient (Wildman–Crippen LogP) is 1.79. The molecular weight excluding hydrogens is 246 g/mol. The van der Waals surface area contributed by atoms with Gasteiger partial charge in [-0.1, -0.05) is 12.2 Å². The van der Waals surface area contributed by atoms with Gasteiger partial charge < -0.3 is 0 Å². The van der Waals surface area contributed by atoms with Crippen molar-refractivity contribution in [3.05, 3.63) is 23.5 Å². The molecule has 0 saturated carbocycles. The van der Waals surface area contributed by atoms with Crippen molar-refractivity contribution in [3.63, 3.8) is 0 Å². The summed E-state index contributed by atoms with van der Waals surface area (Å²) in [5.41, 5.74) is 1.05. The molecule has 0 fully saturated rings. The number of pyridine rings is 1. The molecule has 6 heteroatoms. The number of hydrogen-bond donors (Lipinski definition) is 0. The first kappa shape index (κ1) is 13.2. The second-order valence-electron chi connectivity index (χ2n) is 3.46. The topological polar surface area (TPSA) is 56.3 Å². The van der Waals surface area contributed by atoms with Crippen molar-refractivity contribution in [1.82, 2.24) is 4.98 Å². The molecule has 16 heavy (non-hydrogen) atoms. The molecule has 0 N–H and O–H groups in total. The van der Waals surface area contributed by atoms with Crippen LogP contribution in [0.25, 0.3) is 0 Å². The first-order valence-electron chi connectivity index (χ1n) is 4.65. The van der Waals surface area contributed by atoms with Crippen LogP contribution in [0.15, 0.2) is 17.2 Å². The third kappa shape index (κ3) is 3.07. The number of aryl methyl sites for hydroxylation is 2. The van der Waals surface area contributed by atoms with Crippen LogP contribution in [0.1, 0.15) is 18.2 Å². The van der Waals surface area contributed by atoms with Crippen molar-refractivity contribution in [2.75, 3.05) is 6.61 Å². The highest BCUT2D eigenvalue weighted by molar-refractivity contribution is 7.87. The summed E-state index contributed by atoms with van der Waals surface area (Å²) in [4.78, 5) is 4.56. The summed E-state index contributed by atoms with van der Waals surface area (Å²) < 4.78 is 28.5. The minimum absolute atomic E-state index is 0.0779. The van der Waals surface area contributed by atoms with Crippen molar-refractivity contribution in [3.8, 4) is 0 Å². The smallest absolute Gasteiger partial charge is 0.261 e. The number of nitrogens with zero attached hydrogens (tertiary/aromatic N) is 1. The molecule has 0 aliphatic carbocycles. The zero-order valence-corrected chi connectivity index (χ0v) is 11.0. The molecule has 1 aromatic heterocycles. The quantitative estimate of drug-likeness (QED) is 0.609. The summed E-state index contributed by atoms with van der Waals surface area (Å²) in [5, 5.41) is 0.